The topological polar surface area (TPSA) is 262 Å². The van der Waals surface area contributed by atoms with Crippen LogP contribution in [0.3, 0.4) is 0 Å². The van der Waals surface area contributed by atoms with Crippen LogP contribution < -0.4 is 5.73 Å². The quantitative estimate of drug-likeness (QED) is 0.102. The summed E-state index contributed by atoms with van der Waals surface area (Å²) in [5.41, 5.74) is 6.48. The van der Waals surface area contributed by atoms with Crippen LogP contribution in [0.15, 0.2) is 50.4 Å². The molecule has 0 aromatic carbocycles. The van der Waals surface area contributed by atoms with Crippen molar-refractivity contribution in [2.24, 2.45) is 41.2 Å². The number of Topliss-reactive ketones (excluding diaryl/α,β-unsaturated/α-hetero) is 1. The number of oxazole rings is 3. The molecule has 19 heteroatoms. The van der Waals surface area contributed by atoms with Gasteiger partial charge < -0.3 is 57.8 Å². The summed E-state index contributed by atoms with van der Waals surface area (Å²) in [6.45, 7) is 11.1. The number of aliphatic hydroxyl groups excluding tert-OH is 2. The van der Waals surface area contributed by atoms with E-state index in [1.165, 1.54) is 30.8 Å². The number of amides is 2. The Labute approximate surface area is 386 Å². The SMILES string of the molecule is CO[C@H]([C@H](C)/C=C/N(C)C=O)[C@@H](C)C(=O)CC[C@H](C)[C@H](C[C@@H]1OC(=O)C[C@@H](OC(N)=O)C[C@H](C)C[C@H](O)[C@H](C)[C@@H](OC)c2coc(n2)-c2coc(n2)-c2coc(n2)/C=C/C[C@H](O)[C@H]1C)OC. The van der Waals surface area contributed by atoms with Crippen molar-refractivity contribution < 1.29 is 66.3 Å². The van der Waals surface area contributed by atoms with Gasteiger partial charge in [0.25, 0.3) is 0 Å². The number of ether oxygens (including phenoxy) is 5. The van der Waals surface area contributed by atoms with E-state index in [0.717, 1.165) is 0 Å². The zero-order valence-corrected chi connectivity index (χ0v) is 39.7. The fourth-order valence-corrected chi connectivity index (χ4v) is 8.39. The van der Waals surface area contributed by atoms with E-state index in [9.17, 15) is 29.4 Å². The second-order valence-corrected chi connectivity index (χ2v) is 17.7. The fraction of sp³-hybridized carbons (Fsp3) is 0.638. The van der Waals surface area contributed by atoms with Gasteiger partial charge >= 0.3 is 12.1 Å². The van der Waals surface area contributed by atoms with Crippen LogP contribution in [0.25, 0.3) is 29.2 Å². The Morgan fingerprint density at radius 3 is 2.29 bits per heavy atom. The predicted octanol–water partition coefficient (Wildman–Crippen LogP) is 6.54. The summed E-state index contributed by atoms with van der Waals surface area (Å²) in [6, 6.07) is 0. The molecule has 19 nitrogen and oxygen atoms in total. The van der Waals surface area contributed by atoms with Gasteiger partial charge in [-0.15, -0.1) is 0 Å². The van der Waals surface area contributed by atoms with Crippen molar-refractivity contribution in [1.29, 1.82) is 0 Å². The monoisotopic (exact) mass is 927 g/mol. The molecule has 0 saturated heterocycles. The van der Waals surface area contributed by atoms with Gasteiger partial charge in [0.05, 0.1) is 30.8 Å². The van der Waals surface area contributed by atoms with Crippen LogP contribution in [0, 0.1) is 35.5 Å². The third kappa shape index (κ3) is 15.2. The van der Waals surface area contributed by atoms with Gasteiger partial charge in [0.15, 0.2) is 11.4 Å². The Bertz CT molecular complexity index is 2050. The molecule has 3 aromatic heterocycles. The second-order valence-electron chi connectivity index (χ2n) is 17.7. The van der Waals surface area contributed by atoms with E-state index in [-0.39, 0.29) is 79.7 Å². The Morgan fingerprint density at radius 1 is 0.939 bits per heavy atom. The first-order chi connectivity index (χ1) is 31.4. The molecule has 0 aliphatic carbocycles. The number of hydrogen-bond acceptors (Lipinski definition) is 17. The molecule has 2 amide bonds. The van der Waals surface area contributed by atoms with Gasteiger partial charge in [-0.2, -0.15) is 0 Å². The van der Waals surface area contributed by atoms with Crippen LogP contribution in [0.4, 0.5) is 4.79 Å². The van der Waals surface area contributed by atoms with Crippen LogP contribution in [0.5, 0.6) is 0 Å². The number of fused-ring (bicyclic) bond motifs is 8. The number of esters is 1. The van der Waals surface area contributed by atoms with Crippen molar-refractivity contribution in [3.05, 3.63) is 48.7 Å². The fourth-order valence-electron chi connectivity index (χ4n) is 8.39. The van der Waals surface area contributed by atoms with Crippen LogP contribution in [0.1, 0.15) is 104 Å². The van der Waals surface area contributed by atoms with E-state index in [2.05, 4.69) is 15.0 Å². The molecule has 66 heavy (non-hydrogen) atoms. The average Bonchev–Trinajstić information content (AvgIpc) is 4.08. The van der Waals surface area contributed by atoms with Crippen LogP contribution in [-0.4, -0.2) is 119 Å². The van der Waals surface area contributed by atoms with Crippen molar-refractivity contribution >= 4 is 30.3 Å². The zero-order chi connectivity index (χ0) is 48.7. The predicted molar refractivity (Wildman–Crippen MR) is 240 cm³/mol. The number of methoxy groups -OCH3 is 3. The molecule has 0 saturated carbocycles. The number of hydrogen-bond donors (Lipinski definition) is 3. The number of nitrogens with two attached hydrogens (primary N) is 1. The Kier molecular flexibility index (Phi) is 20.7. The summed E-state index contributed by atoms with van der Waals surface area (Å²) in [5.74, 6) is -2.37. The van der Waals surface area contributed by atoms with E-state index in [4.69, 9.17) is 42.7 Å². The summed E-state index contributed by atoms with van der Waals surface area (Å²) in [4.78, 5) is 65.4. The molecule has 4 heterocycles. The van der Waals surface area contributed by atoms with Gasteiger partial charge in [-0.1, -0.05) is 53.7 Å². The maximum Gasteiger partial charge on any atom is 0.404 e. The van der Waals surface area contributed by atoms with Crippen molar-refractivity contribution in [3.8, 4) is 23.2 Å². The van der Waals surface area contributed by atoms with Crippen LogP contribution in [0.2, 0.25) is 0 Å². The summed E-state index contributed by atoms with van der Waals surface area (Å²) >= 11 is 0. The minimum absolute atomic E-state index is 0.00289. The third-order valence-corrected chi connectivity index (χ3v) is 12.5. The number of primary amides is 1. The largest absolute Gasteiger partial charge is 0.462 e. The Balaban J connectivity index is 1.58. The van der Waals surface area contributed by atoms with Crippen LogP contribution in [-0.2, 0) is 38.1 Å². The molecule has 366 valence electrons. The number of rotatable bonds is 16. The van der Waals surface area contributed by atoms with Crippen molar-refractivity contribution in [2.75, 3.05) is 28.4 Å². The lowest BCUT2D eigenvalue weighted by Crippen LogP contribution is -2.39. The normalized spacial score (nSPS) is 26.5. The number of aliphatic hydroxyl groups is 2. The summed E-state index contributed by atoms with van der Waals surface area (Å²) in [7, 11) is 6.22. The maximum absolute atomic E-state index is 13.8. The molecule has 1 aliphatic rings. The highest BCUT2D eigenvalue weighted by Crippen LogP contribution is 2.34. The zero-order valence-electron chi connectivity index (χ0n) is 39.7. The van der Waals surface area contributed by atoms with Gasteiger partial charge in [0, 0.05) is 71.1 Å². The number of carbonyl (C=O) groups is 4. The van der Waals surface area contributed by atoms with Gasteiger partial charge in [0.1, 0.15) is 48.6 Å². The lowest BCUT2D eigenvalue weighted by Gasteiger charge is -2.33. The summed E-state index contributed by atoms with van der Waals surface area (Å²) < 4.78 is 46.0. The maximum atomic E-state index is 13.8. The van der Waals surface area contributed by atoms with Gasteiger partial charge in [-0.25, -0.2) is 19.7 Å². The number of carbonyl (C=O) groups excluding carboxylic acids is 4. The molecule has 1 aliphatic heterocycles. The van der Waals surface area contributed by atoms with Crippen molar-refractivity contribution in [3.63, 3.8) is 0 Å². The third-order valence-electron chi connectivity index (χ3n) is 12.5. The first-order valence-corrected chi connectivity index (χ1v) is 22.4. The van der Waals surface area contributed by atoms with Crippen LogP contribution >= 0.6 is 0 Å². The number of aromatic nitrogens is 3. The summed E-state index contributed by atoms with van der Waals surface area (Å²) in [5, 5.41) is 22.9. The number of cyclic esters (lactones) is 1. The molecule has 0 spiro atoms. The molecular formula is C47H69N5O14. The van der Waals surface area contributed by atoms with E-state index in [1.807, 2.05) is 40.7 Å². The lowest BCUT2D eigenvalue weighted by atomic mass is 9.84. The van der Waals surface area contributed by atoms with E-state index >= 15 is 0 Å². The highest BCUT2D eigenvalue weighted by atomic mass is 16.6. The molecule has 4 rings (SSSR count). The minimum Gasteiger partial charge on any atom is -0.462 e. The Hall–Kier alpha value is -5.21. The van der Waals surface area contributed by atoms with Gasteiger partial charge in [-0.05, 0) is 43.6 Å². The van der Waals surface area contributed by atoms with Gasteiger partial charge in [0.2, 0.25) is 24.1 Å². The van der Waals surface area contributed by atoms with Gasteiger partial charge in [-0.3, -0.25) is 14.4 Å². The van der Waals surface area contributed by atoms with Crippen molar-refractivity contribution in [2.45, 2.75) is 129 Å². The van der Waals surface area contributed by atoms with E-state index in [1.54, 1.807) is 46.5 Å². The first-order valence-electron chi connectivity index (χ1n) is 22.4. The smallest absolute Gasteiger partial charge is 0.404 e. The average molecular weight is 928 g/mol. The molecule has 0 unspecified atom stereocenters. The summed E-state index contributed by atoms with van der Waals surface area (Å²) in [6.07, 6.45) is 6.09. The molecule has 6 bridgehead atoms. The molecule has 13 atom stereocenters. The second kappa shape index (κ2) is 25.6. The molecular weight excluding hydrogens is 859 g/mol. The highest BCUT2D eigenvalue weighted by molar-refractivity contribution is 5.81. The molecule has 3 aromatic rings. The molecule has 0 fully saturated rings. The molecule has 0 radical (unpaired) electrons. The number of nitrogens with zero attached hydrogens (tertiary/aromatic N) is 4. The minimum atomic E-state index is -1.07. The standard InChI is InChI=1S/C47H69N5O14/c1-26-18-32(65-47(48)58)20-42(57)66-40(21-39(59-8)27(2)14-15-37(55)30(5)43(60-9)28(3)16-17-52(7)25-53)29(4)36(54)12-11-13-41-49-34(23-62-41)45-51-35(24-64-45)46-50-33(22-63-46)44(61-10)31(6)38(56)19-26/h11,13,16-17,22-32,36,38-40,43-44,54,56H,12,14-15,18-21H2,1-10H3,(H2,48,58)/b13-11+,17-16+/t26-,27-,28+,29+,30-,31-,32-,36-,38-,39-,40-,43+,44+/m0/s1. The first kappa shape index (κ1) is 53.4. The van der Waals surface area contributed by atoms with E-state index < -0.39 is 72.5 Å². The highest BCUT2D eigenvalue weighted by Gasteiger charge is 2.35. The van der Waals surface area contributed by atoms with Crippen molar-refractivity contribution in [1.82, 2.24) is 19.9 Å². The van der Waals surface area contributed by atoms with E-state index in [0.29, 0.717) is 29.9 Å². The molecule has 4 N–H and O–H groups in total. The Morgan fingerprint density at radius 2 is 1.62 bits per heavy atom. The number of ketones is 1. The lowest BCUT2D eigenvalue weighted by molar-refractivity contribution is -0.159.